The van der Waals surface area contributed by atoms with Crippen LogP contribution in [0.15, 0.2) is 66.0 Å². The third-order valence-electron chi connectivity index (χ3n) is 5.55. The molecule has 1 aromatic heterocycles. The van der Waals surface area contributed by atoms with Crippen molar-refractivity contribution in [3.05, 3.63) is 87.7 Å². The van der Waals surface area contributed by atoms with Crippen molar-refractivity contribution in [2.75, 3.05) is 0 Å². The maximum Gasteiger partial charge on any atom is 0.303 e. The summed E-state index contributed by atoms with van der Waals surface area (Å²) in [6.45, 7) is 1.97. The number of benzene rings is 2. The van der Waals surface area contributed by atoms with Gasteiger partial charge in [-0.3, -0.25) is 14.6 Å². The van der Waals surface area contributed by atoms with Crippen molar-refractivity contribution in [3.63, 3.8) is 0 Å². The van der Waals surface area contributed by atoms with E-state index in [4.69, 9.17) is 28.3 Å². The molecule has 0 bridgehead atoms. The number of aryl methyl sites for hydroxylation is 1. The van der Waals surface area contributed by atoms with Gasteiger partial charge < -0.3 is 5.11 Å². The number of carboxylic acids is 1. The molecule has 0 spiro atoms. The van der Waals surface area contributed by atoms with Crippen LogP contribution in [0.3, 0.4) is 0 Å². The highest BCUT2D eigenvalue weighted by molar-refractivity contribution is 6.30. The Morgan fingerprint density at radius 3 is 2.27 bits per heavy atom. The first kappa shape index (κ1) is 23.0. The monoisotopic (exact) mass is 481 g/mol. The smallest absolute Gasteiger partial charge is 0.303 e. The van der Waals surface area contributed by atoms with Crippen LogP contribution in [-0.4, -0.2) is 32.7 Å². The van der Waals surface area contributed by atoms with Crippen molar-refractivity contribution < 1.29 is 14.7 Å². The first-order valence-electron chi connectivity index (χ1n) is 10.4. The second-order valence-corrected chi connectivity index (χ2v) is 8.71. The fourth-order valence-corrected chi connectivity index (χ4v) is 4.21. The first-order chi connectivity index (χ1) is 15.8. The quantitative estimate of drug-likeness (QED) is 0.474. The summed E-state index contributed by atoms with van der Waals surface area (Å²) < 4.78 is 0. The summed E-state index contributed by atoms with van der Waals surface area (Å²) in [4.78, 5) is 28.3. The molecular weight excluding hydrogens is 461 g/mol. The number of aliphatic carboxylic acids is 1. The van der Waals surface area contributed by atoms with E-state index < -0.39 is 5.97 Å². The van der Waals surface area contributed by atoms with E-state index in [0.29, 0.717) is 22.2 Å². The zero-order chi connectivity index (χ0) is 23.5. The fraction of sp³-hybridized carbons (Fsp3) is 0.200. The van der Waals surface area contributed by atoms with E-state index in [0.717, 1.165) is 27.8 Å². The largest absolute Gasteiger partial charge is 0.481 e. The number of carbonyl (C=O) groups is 2. The predicted octanol–water partition coefficient (Wildman–Crippen LogP) is 5.91. The average molecular weight is 482 g/mol. The van der Waals surface area contributed by atoms with Gasteiger partial charge in [-0.25, -0.2) is 5.01 Å². The Kier molecular flexibility index (Phi) is 6.77. The highest BCUT2D eigenvalue weighted by Gasteiger charge is 2.34. The normalized spacial score (nSPS) is 15.4. The molecule has 0 saturated carbocycles. The Morgan fingerprint density at radius 2 is 1.64 bits per heavy atom. The maximum atomic E-state index is 12.9. The van der Waals surface area contributed by atoms with Gasteiger partial charge in [0.2, 0.25) is 5.91 Å². The van der Waals surface area contributed by atoms with Gasteiger partial charge in [0.1, 0.15) is 0 Å². The fourth-order valence-electron chi connectivity index (χ4n) is 3.96. The Balaban J connectivity index is 1.76. The van der Waals surface area contributed by atoms with Crippen LogP contribution in [0.4, 0.5) is 0 Å². The third-order valence-corrected chi connectivity index (χ3v) is 6.06. The summed E-state index contributed by atoms with van der Waals surface area (Å²) in [7, 11) is 0. The van der Waals surface area contributed by atoms with Crippen LogP contribution in [0.2, 0.25) is 10.0 Å². The minimum atomic E-state index is -1.03. The van der Waals surface area contributed by atoms with Gasteiger partial charge in [-0.15, -0.1) is 0 Å². The Hall–Kier alpha value is -3.22. The number of amides is 1. The lowest BCUT2D eigenvalue weighted by Crippen LogP contribution is -2.27. The minimum Gasteiger partial charge on any atom is -0.481 e. The Labute approximate surface area is 201 Å². The molecule has 1 atom stereocenters. The third kappa shape index (κ3) is 5.07. The van der Waals surface area contributed by atoms with Crippen LogP contribution in [0.1, 0.15) is 42.0 Å². The van der Waals surface area contributed by atoms with E-state index >= 15 is 0 Å². The molecule has 33 heavy (non-hydrogen) atoms. The van der Waals surface area contributed by atoms with Crippen molar-refractivity contribution >= 4 is 40.8 Å². The van der Waals surface area contributed by atoms with Gasteiger partial charge in [-0.2, -0.15) is 5.10 Å². The lowest BCUT2D eigenvalue weighted by molar-refractivity contribution is -0.141. The molecule has 8 heteroatoms. The highest BCUT2D eigenvalue weighted by Crippen LogP contribution is 2.37. The van der Waals surface area contributed by atoms with Crippen LogP contribution in [0, 0.1) is 6.92 Å². The van der Waals surface area contributed by atoms with Crippen LogP contribution < -0.4 is 0 Å². The zero-order valence-electron chi connectivity index (χ0n) is 17.8. The lowest BCUT2D eigenvalue weighted by Gasteiger charge is -2.22. The van der Waals surface area contributed by atoms with E-state index in [2.05, 4.69) is 10.1 Å². The van der Waals surface area contributed by atoms with E-state index in [1.54, 1.807) is 24.5 Å². The van der Waals surface area contributed by atoms with Crippen LogP contribution in [0.25, 0.3) is 11.1 Å². The number of rotatable bonds is 6. The maximum absolute atomic E-state index is 12.9. The summed E-state index contributed by atoms with van der Waals surface area (Å²) in [5.41, 5.74) is 5.31. The molecule has 2 heterocycles. The molecule has 6 nitrogen and oxygen atoms in total. The number of carboxylic acid groups (broad SMARTS) is 1. The van der Waals surface area contributed by atoms with E-state index in [1.165, 1.54) is 5.01 Å². The summed E-state index contributed by atoms with van der Waals surface area (Å²) in [5.74, 6) is -1.37. The molecule has 4 rings (SSSR count). The molecule has 0 saturated heterocycles. The number of hydrogen-bond donors (Lipinski definition) is 1. The number of hydrazone groups is 1. The summed E-state index contributed by atoms with van der Waals surface area (Å²) >= 11 is 12.1. The SMILES string of the molecule is Cc1cncc(C2=NN(C(=O)CCC(=O)O)C(c3ccc(Cl)cc3)C2)c1-c1ccc(Cl)cc1. The first-order valence-corrected chi connectivity index (χ1v) is 11.2. The highest BCUT2D eigenvalue weighted by atomic mass is 35.5. The van der Waals surface area contributed by atoms with Crippen molar-refractivity contribution in [2.24, 2.45) is 5.10 Å². The minimum absolute atomic E-state index is 0.133. The van der Waals surface area contributed by atoms with Crippen molar-refractivity contribution in [2.45, 2.75) is 32.2 Å². The molecular formula is C25H21Cl2N3O3. The molecule has 1 amide bonds. The second kappa shape index (κ2) is 9.73. The van der Waals surface area contributed by atoms with Gasteiger partial charge >= 0.3 is 5.97 Å². The lowest BCUT2D eigenvalue weighted by atomic mass is 9.91. The van der Waals surface area contributed by atoms with Crippen molar-refractivity contribution in [3.8, 4) is 11.1 Å². The molecule has 2 aromatic carbocycles. The van der Waals surface area contributed by atoms with Gasteiger partial charge in [0.15, 0.2) is 0 Å². The van der Waals surface area contributed by atoms with Gasteiger partial charge in [0.05, 0.1) is 18.2 Å². The van der Waals surface area contributed by atoms with E-state index in [9.17, 15) is 9.59 Å². The molecule has 0 aliphatic carbocycles. The standard InChI is InChI=1S/C25H21Cl2N3O3/c1-15-13-28-14-20(25(15)17-4-8-19(27)9-5-17)21-12-22(16-2-6-18(26)7-3-16)30(29-21)23(31)10-11-24(32)33/h2-9,13-14,22H,10-12H2,1H3,(H,32,33). The number of nitrogens with zero attached hydrogens (tertiary/aromatic N) is 3. The van der Waals surface area contributed by atoms with Gasteiger partial charge in [0.25, 0.3) is 0 Å². The average Bonchev–Trinajstić information content (AvgIpc) is 3.24. The zero-order valence-corrected chi connectivity index (χ0v) is 19.3. The van der Waals surface area contributed by atoms with Gasteiger partial charge in [-0.1, -0.05) is 47.5 Å². The molecule has 1 aliphatic rings. The molecule has 1 unspecified atom stereocenters. The van der Waals surface area contributed by atoms with Crippen molar-refractivity contribution in [1.82, 2.24) is 9.99 Å². The van der Waals surface area contributed by atoms with Crippen LogP contribution in [0.5, 0.6) is 0 Å². The summed E-state index contributed by atoms with van der Waals surface area (Å²) in [5, 5.41) is 16.3. The topological polar surface area (TPSA) is 82.9 Å². The van der Waals surface area contributed by atoms with E-state index in [1.807, 2.05) is 43.3 Å². The Morgan fingerprint density at radius 1 is 1.00 bits per heavy atom. The number of carbonyl (C=O) groups excluding carboxylic acids is 1. The number of halogens is 2. The number of aromatic nitrogens is 1. The summed E-state index contributed by atoms with van der Waals surface area (Å²) in [6, 6.07) is 14.4. The van der Waals surface area contributed by atoms with Gasteiger partial charge in [-0.05, 0) is 53.4 Å². The number of hydrogen-bond acceptors (Lipinski definition) is 4. The summed E-state index contributed by atoms with van der Waals surface area (Å²) in [6.07, 6.45) is 3.61. The molecule has 3 aromatic rings. The van der Waals surface area contributed by atoms with Crippen LogP contribution >= 0.6 is 23.2 Å². The second-order valence-electron chi connectivity index (χ2n) is 7.84. The predicted molar refractivity (Wildman–Crippen MR) is 128 cm³/mol. The molecule has 0 fully saturated rings. The molecule has 0 radical (unpaired) electrons. The molecule has 168 valence electrons. The van der Waals surface area contributed by atoms with Crippen molar-refractivity contribution in [1.29, 1.82) is 0 Å². The van der Waals surface area contributed by atoms with Gasteiger partial charge in [0, 0.05) is 40.8 Å². The molecule has 1 aliphatic heterocycles. The van der Waals surface area contributed by atoms with E-state index in [-0.39, 0.29) is 24.8 Å². The molecule has 1 N–H and O–H groups in total. The van der Waals surface area contributed by atoms with Crippen LogP contribution in [-0.2, 0) is 9.59 Å². The number of pyridine rings is 1. The Bertz CT molecular complexity index is 1220.